The lowest BCUT2D eigenvalue weighted by Crippen LogP contribution is -2.07. The van der Waals surface area contributed by atoms with Gasteiger partial charge in [-0.3, -0.25) is 0 Å². The summed E-state index contributed by atoms with van der Waals surface area (Å²) in [6, 6.07) is 81.5. The zero-order chi connectivity index (χ0) is 53.1. The highest BCUT2D eigenvalue weighted by Crippen LogP contribution is 2.61. The van der Waals surface area contributed by atoms with Crippen LogP contribution in [0.15, 0.2) is 206 Å². The van der Waals surface area contributed by atoms with Crippen molar-refractivity contribution in [2.24, 2.45) is 0 Å². The molecular formula is C82H56. The molecule has 0 spiro atoms. The predicted molar refractivity (Wildman–Crippen MR) is 355 cm³/mol. The van der Waals surface area contributed by atoms with Gasteiger partial charge in [0.2, 0.25) is 0 Å². The van der Waals surface area contributed by atoms with Crippen molar-refractivity contribution in [3.63, 3.8) is 0 Å². The molecule has 0 heterocycles. The van der Waals surface area contributed by atoms with Crippen LogP contribution in [-0.4, -0.2) is 0 Å². The SMILES string of the molecule is c1ccc(-c2c3cccc4c5ccccc5c(c34)c3c4ccc5c6ccc7c8c(-c9ccccc9C9CCCCC9)c9c%10cccc%11cccc(c9c(-c9ccccc9C9CCCCC9)c8c8ccc(c9ccc(c23)c4c95)c6c87)c%11%10)cc1. The third-order valence-corrected chi connectivity index (χ3v) is 21.4. The van der Waals surface area contributed by atoms with Gasteiger partial charge in [0.05, 0.1) is 0 Å². The third-order valence-electron chi connectivity index (χ3n) is 21.4. The van der Waals surface area contributed by atoms with Crippen LogP contribution in [0.1, 0.15) is 87.2 Å². The van der Waals surface area contributed by atoms with Crippen molar-refractivity contribution in [2.75, 3.05) is 0 Å². The molecule has 0 aromatic heterocycles. The number of rotatable bonds is 5. The molecule has 384 valence electrons. The molecule has 0 N–H and O–H groups in total. The number of hydrogen-bond acceptors (Lipinski definition) is 0. The largest absolute Gasteiger partial charge is 0.0622 e. The van der Waals surface area contributed by atoms with Crippen LogP contribution in [-0.2, 0) is 0 Å². The summed E-state index contributed by atoms with van der Waals surface area (Å²) in [6.45, 7) is 0. The molecule has 0 bridgehead atoms. The Hall–Kier alpha value is -9.10. The minimum atomic E-state index is 0.542. The molecule has 18 aromatic rings. The molecule has 0 saturated heterocycles. The van der Waals surface area contributed by atoms with E-state index in [1.165, 1.54) is 260 Å². The molecular weight excluding hydrogens is 985 g/mol. The highest BCUT2D eigenvalue weighted by Gasteiger charge is 2.33. The van der Waals surface area contributed by atoms with Crippen LogP contribution >= 0.6 is 0 Å². The van der Waals surface area contributed by atoms with E-state index in [0.29, 0.717) is 11.8 Å². The molecule has 0 amide bonds. The molecule has 0 nitrogen and oxygen atoms in total. The highest BCUT2D eigenvalue weighted by molar-refractivity contribution is 6.53. The van der Waals surface area contributed by atoms with Crippen molar-refractivity contribution in [2.45, 2.75) is 76.0 Å². The van der Waals surface area contributed by atoms with E-state index in [0.717, 1.165) is 0 Å². The van der Waals surface area contributed by atoms with Crippen molar-refractivity contribution < 1.29 is 0 Å². The second-order valence-corrected chi connectivity index (χ2v) is 25.1. The van der Waals surface area contributed by atoms with Gasteiger partial charge in [0.25, 0.3) is 0 Å². The van der Waals surface area contributed by atoms with Crippen molar-refractivity contribution >= 4 is 151 Å². The zero-order valence-electron chi connectivity index (χ0n) is 45.9. The highest BCUT2D eigenvalue weighted by atomic mass is 14.4. The smallest absolute Gasteiger partial charge is 0.000696 e. The minimum absolute atomic E-state index is 0.542. The van der Waals surface area contributed by atoms with E-state index >= 15 is 0 Å². The fraction of sp³-hybridized carbons (Fsp3) is 0.146. The van der Waals surface area contributed by atoms with Gasteiger partial charge in [-0.2, -0.15) is 0 Å². The lowest BCUT2D eigenvalue weighted by molar-refractivity contribution is 0.444. The van der Waals surface area contributed by atoms with Gasteiger partial charge in [-0.1, -0.05) is 245 Å². The first-order valence-corrected chi connectivity index (χ1v) is 30.7. The van der Waals surface area contributed by atoms with Gasteiger partial charge in [0.1, 0.15) is 0 Å². The summed E-state index contributed by atoms with van der Waals surface area (Å²) in [7, 11) is 0. The number of benzene rings is 14. The van der Waals surface area contributed by atoms with Gasteiger partial charge < -0.3 is 0 Å². The molecule has 2 saturated carbocycles. The Kier molecular flexibility index (Phi) is 8.87. The third kappa shape index (κ3) is 5.55. The Morgan fingerprint density at radius 2 is 0.524 bits per heavy atom. The van der Waals surface area contributed by atoms with Gasteiger partial charge in [-0.05, 0) is 233 Å². The van der Waals surface area contributed by atoms with Gasteiger partial charge >= 0.3 is 0 Å². The summed E-state index contributed by atoms with van der Waals surface area (Å²) in [5.41, 5.74) is 11.5. The maximum absolute atomic E-state index is 2.58. The van der Waals surface area contributed by atoms with Crippen molar-refractivity contribution in [1.82, 2.24) is 0 Å². The van der Waals surface area contributed by atoms with Gasteiger partial charge in [-0.15, -0.1) is 0 Å². The molecule has 0 atom stereocenters. The van der Waals surface area contributed by atoms with E-state index in [1.54, 1.807) is 0 Å². The van der Waals surface area contributed by atoms with Crippen LogP contribution in [0, 0.1) is 0 Å². The van der Waals surface area contributed by atoms with Crippen LogP contribution < -0.4 is 0 Å². The molecule has 2 fully saturated rings. The van der Waals surface area contributed by atoms with E-state index in [1.807, 2.05) is 0 Å². The first kappa shape index (κ1) is 44.6. The molecule has 2 aliphatic rings. The van der Waals surface area contributed by atoms with E-state index in [-0.39, 0.29) is 0 Å². The standard InChI is InChI=1S/C82H56/c1-4-19-45(20-5-1)49-27-10-13-30-52(49)75-78-60-34-16-25-47-26-17-35-61(67(47)60)79(78)76(53-31-14-11-28-50(53)46-21-6-2-7-22-46)82-66-44-40-59-57-38-42-64-72-63(41-37-56(69(57)72)58-39-43-65(81(75)82)73(66)70(58)59)77-68(48-23-8-3-9-24-48)62-36-18-33-54-51-29-12-15-32-55(51)74(71(54)62)80(64)77/h3,8-18,23-46H,1-2,4-7,19-22H2. The summed E-state index contributed by atoms with van der Waals surface area (Å²) in [5, 5.41) is 38.8. The van der Waals surface area contributed by atoms with Crippen LogP contribution in [0.25, 0.3) is 184 Å². The van der Waals surface area contributed by atoms with Crippen molar-refractivity contribution in [1.29, 1.82) is 0 Å². The van der Waals surface area contributed by atoms with Crippen molar-refractivity contribution in [3.05, 3.63) is 217 Å². The summed E-state index contributed by atoms with van der Waals surface area (Å²) in [4.78, 5) is 0. The van der Waals surface area contributed by atoms with Gasteiger partial charge in [0.15, 0.2) is 0 Å². The normalized spacial score (nSPS) is 15.5. The lowest BCUT2D eigenvalue weighted by atomic mass is 9.77. The Labute approximate surface area is 474 Å². The van der Waals surface area contributed by atoms with Crippen molar-refractivity contribution in [3.8, 4) is 33.4 Å². The number of hydrogen-bond donors (Lipinski definition) is 0. The van der Waals surface area contributed by atoms with Crippen LogP contribution in [0.4, 0.5) is 0 Å². The summed E-state index contributed by atoms with van der Waals surface area (Å²) in [6.07, 6.45) is 12.9. The molecule has 0 unspecified atom stereocenters. The first-order chi connectivity index (χ1) is 40.8. The lowest BCUT2D eigenvalue weighted by Gasteiger charge is -2.27. The average Bonchev–Trinajstić information content (AvgIpc) is 3.17. The maximum atomic E-state index is 2.58. The van der Waals surface area contributed by atoms with E-state index < -0.39 is 0 Å². The quantitative estimate of drug-likeness (QED) is 0.119. The zero-order valence-corrected chi connectivity index (χ0v) is 45.9. The molecule has 82 heavy (non-hydrogen) atoms. The second kappa shape index (κ2) is 16.3. The Balaban J connectivity index is 0.982. The predicted octanol–water partition coefficient (Wildman–Crippen LogP) is 24.1. The molecule has 18 aromatic carbocycles. The Morgan fingerprint density at radius 1 is 0.195 bits per heavy atom. The van der Waals surface area contributed by atoms with E-state index in [4.69, 9.17) is 0 Å². The topological polar surface area (TPSA) is 0 Å². The Bertz CT molecular complexity index is 5490. The van der Waals surface area contributed by atoms with E-state index in [2.05, 4.69) is 206 Å². The maximum Gasteiger partial charge on any atom is -0.000696 e. The van der Waals surface area contributed by atoms with Gasteiger partial charge in [-0.25, -0.2) is 0 Å². The van der Waals surface area contributed by atoms with Crippen LogP contribution in [0.2, 0.25) is 0 Å². The average molecular weight is 1040 g/mol. The summed E-state index contributed by atoms with van der Waals surface area (Å²) in [5.74, 6) is 1.08. The van der Waals surface area contributed by atoms with Gasteiger partial charge in [0, 0.05) is 0 Å². The molecule has 2 aliphatic carbocycles. The molecule has 0 heteroatoms. The second-order valence-electron chi connectivity index (χ2n) is 25.1. The summed E-state index contributed by atoms with van der Waals surface area (Å²) >= 11 is 0. The summed E-state index contributed by atoms with van der Waals surface area (Å²) < 4.78 is 0. The first-order valence-electron chi connectivity index (χ1n) is 30.7. The fourth-order valence-corrected chi connectivity index (χ4v) is 18.2. The molecule has 20 rings (SSSR count). The monoisotopic (exact) mass is 1040 g/mol. The Morgan fingerprint density at radius 3 is 1.06 bits per heavy atom. The molecule has 0 aliphatic heterocycles. The number of fused-ring (bicyclic) bond motifs is 15. The van der Waals surface area contributed by atoms with E-state index in [9.17, 15) is 0 Å². The molecule has 0 radical (unpaired) electrons. The minimum Gasteiger partial charge on any atom is -0.0622 e. The van der Waals surface area contributed by atoms with Crippen LogP contribution in [0.5, 0.6) is 0 Å². The van der Waals surface area contributed by atoms with Crippen LogP contribution in [0.3, 0.4) is 0 Å². The fourth-order valence-electron chi connectivity index (χ4n) is 18.2.